The maximum Gasteiger partial charge on any atom is 0.345 e. The Morgan fingerprint density at radius 1 is 1.44 bits per heavy atom. The highest BCUT2D eigenvalue weighted by Gasteiger charge is 2.08. The van der Waals surface area contributed by atoms with Crippen LogP contribution in [0.25, 0.3) is 11.0 Å². The van der Waals surface area contributed by atoms with Crippen molar-refractivity contribution in [1.29, 1.82) is 0 Å². The lowest BCUT2D eigenvalue weighted by Crippen LogP contribution is -2.18. The Morgan fingerprint density at radius 2 is 2.17 bits per heavy atom. The van der Waals surface area contributed by atoms with Crippen LogP contribution in [0.3, 0.4) is 0 Å². The molecule has 1 unspecified atom stereocenters. The standard InChI is InChI=1S/C14H16N2O2/c1-9(8-15)16-10(2)12-7-11-5-3-4-6-13(11)18-14(12)17/h3-7,9H,8,15H2,1-2H3. The molecule has 1 aromatic carbocycles. The lowest BCUT2D eigenvalue weighted by atomic mass is 10.1. The summed E-state index contributed by atoms with van der Waals surface area (Å²) >= 11 is 0. The molecule has 1 atom stereocenters. The average molecular weight is 244 g/mol. The SMILES string of the molecule is CC(=NC(C)CN)c1cc2ccccc2oc1=O. The molecule has 1 aromatic heterocycles. The van der Waals surface area contributed by atoms with Crippen molar-refractivity contribution in [1.82, 2.24) is 0 Å². The van der Waals surface area contributed by atoms with Gasteiger partial charge in [-0.05, 0) is 26.0 Å². The average Bonchev–Trinajstić information content (AvgIpc) is 2.37. The largest absolute Gasteiger partial charge is 0.422 e. The van der Waals surface area contributed by atoms with Gasteiger partial charge >= 0.3 is 5.63 Å². The number of benzene rings is 1. The van der Waals surface area contributed by atoms with Crippen molar-refractivity contribution in [2.45, 2.75) is 19.9 Å². The number of nitrogens with two attached hydrogens (primary N) is 1. The summed E-state index contributed by atoms with van der Waals surface area (Å²) in [6.45, 7) is 4.16. The molecule has 2 aromatic rings. The van der Waals surface area contributed by atoms with Crippen LogP contribution in [0.2, 0.25) is 0 Å². The third kappa shape index (κ3) is 2.49. The van der Waals surface area contributed by atoms with E-state index in [-0.39, 0.29) is 11.7 Å². The van der Waals surface area contributed by atoms with Crippen molar-refractivity contribution >= 4 is 16.7 Å². The first-order chi connectivity index (χ1) is 8.61. The van der Waals surface area contributed by atoms with E-state index in [1.807, 2.05) is 31.2 Å². The van der Waals surface area contributed by atoms with Gasteiger partial charge in [-0.3, -0.25) is 4.99 Å². The molecule has 18 heavy (non-hydrogen) atoms. The van der Waals surface area contributed by atoms with Gasteiger partial charge in [0.2, 0.25) is 0 Å². The van der Waals surface area contributed by atoms with Crippen molar-refractivity contribution in [2.24, 2.45) is 10.7 Å². The number of hydrogen-bond acceptors (Lipinski definition) is 4. The van der Waals surface area contributed by atoms with Crippen LogP contribution in [0.5, 0.6) is 0 Å². The third-order valence-corrected chi connectivity index (χ3v) is 2.79. The summed E-state index contributed by atoms with van der Waals surface area (Å²) in [4.78, 5) is 16.2. The van der Waals surface area contributed by atoms with Crippen LogP contribution in [0, 0.1) is 0 Å². The fraction of sp³-hybridized carbons (Fsp3) is 0.286. The molecule has 4 nitrogen and oxygen atoms in total. The van der Waals surface area contributed by atoms with E-state index in [2.05, 4.69) is 4.99 Å². The Morgan fingerprint density at radius 3 is 2.89 bits per heavy atom. The summed E-state index contributed by atoms with van der Waals surface area (Å²) in [6.07, 6.45) is 0. The first-order valence-electron chi connectivity index (χ1n) is 5.89. The Labute approximate surface area is 105 Å². The van der Waals surface area contributed by atoms with Crippen LogP contribution in [0.4, 0.5) is 0 Å². The fourth-order valence-corrected chi connectivity index (χ4v) is 1.77. The highest BCUT2D eigenvalue weighted by atomic mass is 16.4. The summed E-state index contributed by atoms with van der Waals surface area (Å²) in [5, 5.41) is 0.891. The molecule has 0 amide bonds. The van der Waals surface area contributed by atoms with Gasteiger partial charge in [0.15, 0.2) is 0 Å². The Bertz CT molecular complexity index is 644. The van der Waals surface area contributed by atoms with E-state index in [1.54, 1.807) is 13.0 Å². The van der Waals surface area contributed by atoms with Gasteiger partial charge < -0.3 is 10.2 Å². The Kier molecular flexibility index (Phi) is 3.58. The Hall–Kier alpha value is -1.94. The predicted molar refractivity (Wildman–Crippen MR) is 73.2 cm³/mol. The van der Waals surface area contributed by atoms with Gasteiger partial charge in [-0.25, -0.2) is 4.79 Å². The summed E-state index contributed by atoms with van der Waals surface area (Å²) < 4.78 is 5.26. The molecule has 0 aliphatic heterocycles. The minimum Gasteiger partial charge on any atom is -0.422 e. The second-order valence-electron chi connectivity index (χ2n) is 4.28. The molecular formula is C14H16N2O2. The third-order valence-electron chi connectivity index (χ3n) is 2.79. The number of fused-ring (bicyclic) bond motifs is 1. The van der Waals surface area contributed by atoms with Gasteiger partial charge in [0, 0.05) is 17.6 Å². The van der Waals surface area contributed by atoms with Gasteiger partial charge in [0.25, 0.3) is 0 Å². The second kappa shape index (κ2) is 5.14. The minimum absolute atomic E-state index is 0.00382. The van der Waals surface area contributed by atoms with Crippen LogP contribution >= 0.6 is 0 Å². The molecule has 0 fully saturated rings. The minimum atomic E-state index is -0.362. The van der Waals surface area contributed by atoms with Crippen LogP contribution in [0.1, 0.15) is 19.4 Å². The zero-order chi connectivity index (χ0) is 13.1. The molecule has 0 aliphatic carbocycles. The molecule has 2 rings (SSSR count). The summed E-state index contributed by atoms with van der Waals surface area (Å²) in [7, 11) is 0. The molecule has 2 N–H and O–H groups in total. The van der Waals surface area contributed by atoms with Gasteiger partial charge in [0.05, 0.1) is 11.6 Å². The smallest absolute Gasteiger partial charge is 0.345 e. The molecule has 4 heteroatoms. The highest BCUT2D eigenvalue weighted by Crippen LogP contribution is 2.13. The topological polar surface area (TPSA) is 68.6 Å². The van der Waals surface area contributed by atoms with Crippen molar-refractivity contribution in [3.8, 4) is 0 Å². The quantitative estimate of drug-likeness (QED) is 0.662. The summed E-state index contributed by atoms with van der Waals surface area (Å²) in [5.41, 5.74) is 6.90. The molecule has 0 radical (unpaired) electrons. The monoisotopic (exact) mass is 244 g/mol. The second-order valence-corrected chi connectivity index (χ2v) is 4.28. The maximum atomic E-state index is 11.9. The van der Waals surface area contributed by atoms with E-state index in [0.717, 1.165) is 5.39 Å². The number of aliphatic imine (C=N–C) groups is 1. The highest BCUT2D eigenvalue weighted by molar-refractivity contribution is 6.00. The van der Waals surface area contributed by atoms with E-state index >= 15 is 0 Å². The lowest BCUT2D eigenvalue weighted by molar-refractivity contribution is 0.559. The summed E-state index contributed by atoms with van der Waals surface area (Å²) in [5.74, 6) is 0. The first kappa shape index (κ1) is 12.5. The molecule has 0 aliphatic rings. The van der Waals surface area contributed by atoms with E-state index in [9.17, 15) is 4.79 Å². The van der Waals surface area contributed by atoms with Gasteiger partial charge in [-0.15, -0.1) is 0 Å². The molecule has 94 valence electrons. The van der Waals surface area contributed by atoms with Gasteiger partial charge in [-0.1, -0.05) is 18.2 Å². The predicted octanol–water partition coefficient (Wildman–Crippen LogP) is 1.95. The van der Waals surface area contributed by atoms with E-state index in [4.69, 9.17) is 10.2 Å². The first-order valence-corrected chi connectivity index (χ1v) is 5.89. The Balaban J connectivity index is 2.54. The lowest BCUT2D eigenvalue weighted by Gasteiger charge is -2.05. The van der Waals surface area contributed by atoms with Crippen molar-refractivity contribution in [3.05, 3.63) is 46.3 Å². The number of hydrogen-bond donors (Lipinski definition) is 1. The number of rotatable bonds is 3. The molecule has 0 spiro atoms. The van der Waals surface area contributed by atoms with Crippen LogP contribution in [-0.4, -0.2) is 18.3 Å². The van der Waals surface area contributed by atoms with Crippen LogP contribution < -0.4 is 11.4 Å². The van der Waals surface area contributed by atoms with E-state index in [0.29, 0.717) is 23.4 Å². The van der Waals surface area contributed by atoms with Crippen molar-refractivity contribution < 1.29 is 4.42 Å². The maximum absolute atomic E-state index is 11.9. The number of para-hydroxylation sites is 1. The zero-order valence-corrected chi connectivity index (χ0v) is 10.5. The molecule has 0 bridgehead atoms. The normalized spacial score (nSPS) is 13.8. The van der Waals surface area contributed by atoms with Gasteiger partial charge in [0.1, 0.15) is 5.58 Å². The molecule has 1 heterocycles. The molecule has 0 saturated heterocycles. The number of nitrogens with zero attached hydrogens (tertiary/aromatic N) is 1. The van der Waals surface area contributed by atoms with Gasteiger partial charge in [-0.2, -0.15) is 0 Å². The molecular weight excluding hydrogens is 228 g/mol. The molecule has 0 saturated carbocycles. The summed E-state index contributed by atoms with van der Waals surface area (Å²) in [6, 6.07) is 9.22. The fourth-order valence-electron chi connectivity index (χ4n) is 1.77. The van der Waals surface area contributed by atoms with Crippen LogP contribution in [-0.2, 0) is 0 Å². The van der Waals surface area contributed by atoms with Crippen molar-refractivity contribution in [2.75, 3.05) is 6.54 Å². The van der Waals surface area contributed by atoms with Crippen LogP contribution in [0.15, 0.2) is 44.5 Å². The van der Waals surface area contributed by atoms with E-state index < -0.39 is 0 Å². The van der Waals surface area contributed by atoms with E-state index in [1.165, 1.54) is 0 Å². The van der Waals surface area contributed by atoms with Crippen molar-refractivity contribution in [3.63, 3.8) is 0 Å². The zero-order valence-electron chi connectivity index (χ0n) is 10.5.